The molecule has 0 atom stereocenters. The third-order valence-electron chi connectivity index (χ3n) is 4.07. The highest BCUT2D eigenvalue weighted by molar-refractivity contribution is 5.85. The molecule has 0 fully saturated rings. The summed E-state index contributed by atoms with van der Waals surface area (Å²) in [4.78, 5) is 14.8. The van der Waals surface area contributed by atoms with E-state index in [0.29, 0.717) is 37.3 Å². The van der Waals surface area contributed by atoms with Gasteiger partial charge >= 0.3 is 12.2 Å². The van der Waals surface area contributed by atoms with Crippen LogP contribution in [0, 0.1) is 0 Å². The zero-order valence-corrected chi connectivity index (χ0v) is 15.9. The monoisotopic (exact) mass is 387 g/mol. The van der Waals surface area contributed by atoms with Gasteiger partial charge in [0.15, 0.2) is 11.3 Å². The molecule has 0 unspecified atom stereocenters. The molecule has 1 heterocycles. The fourth-order valence-electron chi connectivity index (χ4n) is 2.79. The van der Waals surface area contributed by atoms with Crippen LogP contribution < -0.4 is 4.74 Å². The molecule has 0 spiro atoms. The summed E-state index contributed by atoms with van der Waals surface area (Å²) in [6.07, 6.45) is -2.75. The van der Waals surface area contributed by atoms with Crippen molar-refractivity contribution in [3.05, 3.63) is 23.4 Å². The van der Waals surface area contributed by atoms with Gasteiger partial charge in [-0.25, -0.2) is 4.79 Å². The minimum absolute atomic E-state index is 0.0605. The van der Waals surface area contributed by atoms with Crippen molar-refractivity contribution >= 4 is 17.0 Å². The van der Waals surface area contributed by atoms with Gasteiger partial charge in [0.1, 0.15) is 5.75 Å². The Bertz CT molecular complexity index is 787. The Hall–Kier alpha value is -2.45. The molecule has 6 nitrogen and oxygen atoms in total. The van der Waals surface area contributed by atoms with Gasteiger partial charge in [-0.2, -0.15) is 13.2 Å². The Morgan fingerprint density at radius 3 is 2.56 bits per heavy atom. The summed E-state index contributed by atoms with van der Waals surface area (Å²) in [5.74, 6) is 0.482. The molecule has 1 aromatic carbocycles. The smallest absolute Gasteiger partial charge is 0.437 e. The van der Waals surface area contributed by atoms with Crippen molar-refractivity contribution in [2.24, 2.45) is 0 Å². The van der Waals surface area contributed by atoms with Crippen LogP contribution in [-0.4, -0.2) is 55.3 Å². The summed E-state index contributed by atoms with van der Waals surface area (Å²) in [6, 6.07) is 2.74. The summed E-state index contributed by atoms with van der Waals surface area (Å²) >= 11 is 0. The first-order chi connectivity index (χ1) is 12.7. The van der Waals surface area contributed by atoms with E-state index < -0.39 is 11.9 Å². The largest absolute Gasteiger partial charge is 0.493 e. The van der Waals surface area contributed by atoms with Crippen molar-refractivity contribution in [3.63, 3.8) is 0 Å². The van der Waals surface area contributed by atoms with Gasteiger partial charge in [-0.05, 0) is 25.0 Å². The standard InChI is InChI=1S/C18H24F3N3O3/c1-5-7-12-14(26-11-6-10-24(4)17(25)23(2)3)9-8-13-15(12)27-22-16(13)18(19,20)21/h8-9H,5-7,10-11H2,1-4H3. The number of carbonyl (C=O) groups excluding carboxylic acids is 1. The van der Waals surface area contributed by atoms with Crippen LogP contribution in [0.2, 0.25) is 0 Å². The van der Waals surface area contributed by atoms with Crippen LogP contribution in [0.5, 0.6) is 5.75 Å². The van der Waals surface area contributed by atoms with Crippen LogP contribution in [0.25, 0.3) is 11.0 Å². The molecule has 0 radical (unpaired) electrons. The minimum Gasteiger partial charge on any atom is -0.493 e. The number of hydrogen-bond donors (Lipinski definition) is 0. The number of aromatic nitrogens is 1. The maximum Gasteiger partial charge on any atom is 0.437 e. The van der Waals surface area contributed by atoms with Gasteiger partial charge in [0, 0.05) is 33.3 Å². The Morgan fingerprint density at radius 1 is 1.26 bits per heavy atom. The highest BCUT2D eigenvalue weighted by Crippen LogP contribution is 2.38. The van der Waals surface area contributed by atoms with Gasteiger partial charge in [0.2, 0.25) is 0 Å². The van der Waals surface area contributed by atoms with Crippen molar-refractivity contribution in [1.29, 1.82) is 0 Å². The molecule has 0 bridgehead atoms. The molecule has 9 heteroatoms. The lowest BCUT2D eigenvalue weighted by molar-refractivity contribution is -0.141. The Kier molecular flexibility index (Phi) is 6.56. The Balaban J connectivity index is 2.12. The number of hydrogen-bond acceptors (Lipinski definition) is 4. The summed E-state index contributed by atoms with van der Waals surface area (Å²) in [5.41, 5.74) is -0.331. The normalized spacial score (nSPS) is 11.7. The minimum atomic E-state index is -4.57. The number of amides is 2. The Morgan fingerprint density at radius 2 is 1.96 bits per heavy atom. The fourth-order valence-corrected chi connectivity index (χ4v) is 2.79. The number of fused-ring (bicyclic) bond motifs is 1. The summed E-state index contributed by atoms with van der Waals surface area (Å²) in [7, 11) is 5.05. The molecule has 2 rings (SSSR count). The van der Waals surface area contributed by atoms with E-state index in [4.69, 9.17) is 9.26 Å². The topological polar surface area (TPSA) is 58.8 Å². The molecule has 2 aromatic rings. The van der Waals surface area contributed by atoms with Crippen molar-refractivity contribution < 1.29 is 27.2 Å². The summed E-state index contributed by atoms with van der Waals surface area (Å²) < 4.78 is 49.8. The maximum absolute atomic E-state index is 13.0. The number of aryl methyl sites for hydroxylation is 1. The number of benzene rings is 1. The van der Waals surface area contributed by atoms with Crippen molar-refractivity contribution in [1.82, 2.24) is 15.0 Å². The third kappa shape index (κ3) is 4.84. The van der Waals surface area contributed by atoms with E-state index in [1.54, 1.807) is 26.0 Å². The quantitative estimate of drug-likeness (QED) is 0.669. The lowest BCUT2D eigenvalue weighted by Crippen LogP contribution is -2.37. The van der Waals surface area contributed by atoms with E-state index in [0.717, 1.165) is 6.42 Å². The summed E-state index contributed by atoms with van der Waals surface area (Å²) in [5, 5.41) is 3.14. The Labute approximate surface area is 155 Å². The van der Waals surface area contributed by atoms with E-state index >= 15 is 0 Å². The van der Waals surface area contributed by atoms with Gasteiger partial charge in [0.25, 0.3) is 0 Å². The molecule has 0 aliphatic rings. The van der Waals surface area contributed by atoms with Crippen LogP contribution in [-0.2, 0) is 12.6 Å². The molecule has 2 amide bonds. The molecule has 0 saturated carbocycles. The van der Waals surface area contributed by atoms with Gasteiger partial charge in [-0.3, -0.25) is 0 Å². The second-order valence-electron chi connectivity index (χ2n) is 6.50. The van der Waals surface area contributed by atoms with Crippen molar-refractivity contribution in [2.45, 2.75) is 32.4 Å². The summed E-state index contributed by atoms with van der Waals surface area (Å²) in [6.45, 7) is 2.75. The SMILES string of the molecule is CCCc1c(OCCCN(C)C(=O)N(C)C)ccc2c(C(F)(F)F)noc12. The number of halogens is 3. The molecular weight excluding hydrogens is 363 g/mol. The van der Waals surface area contributed by atoms with Crippen LogP contribution in [0.15, 0.2) is 16.7 Å². The molecule has 27 heavy (non-hydrogen) atoms. The molecule has 150 valence electrons. The number of nitrogens with zero attached hydrogens (tertiary/aromatic N) is 3. The van der Waals surface area contributed by atoms with Gasteiger partial charge < -0.3 is 19.1 Å². The third-order valence-corrected chi connectivity index (χ3v) is 4.07. The van der Waals surface area contributed by atoms with Crippen LogP contribution in [0.4, 0.5) is 18.0 Å². The number of carbonyl (C=O) groups is 1. The van der Waals surface area contributed by atoms with E-state index in [-0.39, 0.29) is 17.0 Å². The molecule has 0 aliphatic carbocycles. The highest BCUT2D eigenvalue weighted by atomic mass is 19.4. The second-order valence-corrected chi connectivity index (χ2v) is 6.50. The lowest BCUT2D eigenvalue weighted by Gasteiger charge is -2.21. The molecule has 0 N–H and O–H groups in total. The second kappa shape index (κ2) is 8.49. The van der Waals surface area contributed by atoms with Crippen molar-refractivity contribution in [2.75, 3.05) is 34.3 Å². The zero-order chi connectivity index (χ0) is 20.2. The highest BCUT2D eigenvalue weighted by Gasteiger charge is 2.37. The van der Waals surface area contributed by atoms with Gasteiger partial charge in [-0.15, -0.1) is 0 Å². The van der Waals surface area contributed by atoms with E-state index in [9.17, 15) is 18.0 Å². The van der Waals surface area contributed by atoms with Gasteiger partial charge in [0.05, 0.1) is 12.0 Å². The first-order valence-electron chi connectivity index (χ1n) is 8.70. The first-order valence-corrected chi connectivity index (χ1v) is 8.70. The zero-order valence-electron chi connectivity index (χ0n) is 15.9. The predicted molar refractivity (Wildman–Crippen MR) is 94.8 cm³/mol. The van der Waals surface area contributed by atoms with E-state index in [1.165, 1.54) is 17.0 Å². The molecule has 1 aromatic heterocycles. The predicted octanol–water partition coefficient (Wildman–Crippen LogP) is 4.18. The van der Waals surface area contributed by atoms with Crippen LogP contribution in [0.3, 0.4) is 0 Å². The maximum atomic E-state index is 13.0. The average molecular weight is 387 g/mol. The number of urea groups is 1. The van der Waals surface area contributed by atoms with Crippen LogP contribution in [0.1, 0.15) is 31.0 Å². The van der Waals surface area contributed by atoms with E-state index in [2.05, 4.69) is 5.16 Å². The van der Waals surface area contributed by atoms with Crippen LogP contribution >= 0.6 is 0 Å². The number of rotatable bonds is 7. The van der Waals surface area contributed by atoms with E-state index in [1.807, 2.05) is 6.92 Å². The average Bonchev–Trinajstić information content (AvgIpc) is 3.03. The van der Waals surface area contributed by atoms with Gasteiger partial charge in [-0.1, -0.05) is 18.5 Å². The number of alkyl halides is 3. The number of ether oxygens (including phenoxy) is 1. The van der Waals surface area contributed by atoms with Crippen molar-refractivity contribution in [3.8, 4) is 5.75 Å². The molecule has 0 aliphatic heterocycles. The molecule has 0 saturated heterocycles. The lowest BCUT2D eigenvalue weighted by atomic mass is 10.0. The first kappa shape index (κ1) is 20.9. The molecular formula is C18H24F3N3O3. The fraction of sp³-hybridized carbons (Fsp3) is 0.556.